The Labute approximate surface area is 152 Å². The molecule has 0 spiro atoms. The number of benzene rings is 2. The number of pyridine rings is 1. The lowest BCUT2D eigenvalue weighted by Gasteiger charge is -2.29. The fourth-order valence-electron chi connectivity index (χ4n) is 3.38. The van der Waals surface area contributed by atoms with E-state index >= 15 is 0 Å². The van der Waals surface area contributed by atoms with Crippen LogP contribution in [0.4, 0.5) is 0 Å². The lowest BCUT2D eigenvalue weighted by atomic mass is 10.00. The highest BCUT2D eigenvalue weighted by atomic mass is 35.5. The summed E-state index contributed by atoms with van der Waals surface area (Å²) in [5.41, 5.74) is 3.52. The van der Waals surface area contributed by atoms with Gasteiger partial charge in [-0.2, -0.15) is 0 Å². The maximum atomic E-state index is 12.8. The molecule has 0 saturated heterocycles. The van der Waals surface area contributed by atoms with Crippen LogP contribution in [0, 0.1) is 5.41 Å². The summed E-state index contributed by atoms with van der Waals surface area (Å²) >= 11 is 0. The van der Waals surface area contributed by atoms with Crippen LogP contribution in [0.3, 0.4) is 0 Å². The summed E-state index contributed by atoms with van der Waals surface area (Å²) in [7, 11) is 0. The van der Waals surface area contributed by atoms with Crippen LogP contribution in [0.1, 0.15) is 11.1 Å². The van der Waals surface area contributed by atoms with Crippen molar-refractivity contribution in [3.05, 3.63) is 77.3 Å². The SMILES string of the molecule is Cl.N=c1ccn(CC(=O)N2CCc3ccccc3C2)c2ccccc12. The van der Waals surface area contributed by atoms with Crippen LogP contribution < -0.4 is 5.36 Å². The molecule has 1 amide bonds. The molecule has 1 aliphatic heterocycles. The summed E-state index contributed by atoms with van der Waals surface area (Å²) in [5.74, 6) is 0.123. The fraction of sp³-hybridized carbons (Fsp3) is 0.200. The van der Waals surface area contributed by atoms with Gasteiger partial charge in [-0.25, -0.2) is 0 Å². The van der Waals surface area contributed by atoms with E-state index in [1.165, 1.54) is 11.1 Å². The van der Waals surface area contributed by atoms with E-state index in [9.17, 15) is 4.79 Å². The van der Waals surface area contributed by atoms with Crippen molar-refractivity contribution in [3.63, 3.8) is 0 Å². The number of carbonyl (C=O) groups is 1. The number of nitrogens with one attached hydrogen (secondary N) is 1. The summed E-state index contributed by atoms with van der Waals surface area (Å²) in [6, 6.07) is 17.8. The maximum absolute atomic E-state index is 12.8. The van der Waals surface area contributed by atoms with Crippen LogP contribution in [0.2, 0.25) is 0 Å². The first-order valence-electron chi connectivity index (χ1n) is 8.20. The van der Waals surface area contributed by atoms with Gasteiger partial charge in [-0.3, -0.25) is 4.79 Å². The Kier molecular flexibility index (Phi) is 4.91. The van der Waals surface area contributed by atoms with Crippen molar-refractivity contribution >= 4 is 29.2 Å². The van der Waals surface area contributed by atoms with Crippen LogP contribution in [0.5, 0.6) is 0 Å². The maximum Gasteiger partial charge on any atom is 0.242 e. The lowest BCUT2D eigenvalue weighted by Crippen LogP contribution is -2.38. The number of amides is 1. The molecule has 0 aliphatic carbocycles. The minimum atomic E-state index is 0. The van der Waals surface area contributed by atoms with Crippen LogP contribution in [-0.2, 0) is 24.3 Å². The highest BCUT2D eigenvalue weighted by molar-refractivity contribution is 5.85. The van der Waals surface area contributed by atoms with Crippen LogP contribution in [0.25, 0.3) is 10.9 Å². The molecule has 4 nitrogen and oxygen atoms in total. The van der Waals surface area contributed by atoms with Crippen molar-refractivity contribution in [3.8, 4) is 0 Å². The second-order valence-electron chi connectivity index (χ2n) is 6.21. The molecule has 0 unspecified atom stereocenters. The van der Waals surface area contributed by atoms with Gasteiger partial charge in [0.15, 0.2) is 0 Å². The minimum absolute atomic E-state index is 0. The Morgan fingerprint density at radius 1 is 1.00 bits per heavy atom. The van der Waals surface area contributed by atoms with Gasteiger partial charge in [-0.15, -0.1) is 12.4 Å². The highest BCUT2D eigenvalue weighted by Gasteiger charge is 2.20. The number of halogens is 1. The van der Waals surface area contributed by atoms with Gasteiger partial charge in [0.1, 0.15) is 6.54 Å². The Balaban J connectivity index is 0.00000182. The molecule has 0 fully saturated rings. The average molecular weight is 354 g/mol. The zero-order valence-electron chi connectivity index (χ0n) is 13.8. The average Bonchev–Trinajstić information content (AvgIpc) is 2.64. The molecule has 3 aromatic rings. The Bertz CT molecular complexity index is 980. The number of aromatic nitrogens is 1. The van der Waals surface area contributed by atoms with E-state index in [1.54, 1.807) is 6.07 Å². The molecule has 0 atom stereocenters. The predicted octanol–water partition coefficient (Wildman–Crippen LogP) is 3.13. The van der Waals surface area contributed by atoms with Gasteiger partial charge in [-0.05, 0) is 29.7 Å². The van der Waals surface area contributed by atoms with Crippen molar-refractivity contribution in [1.82, 2.24) is 9.47 Å². The Morgan fingerprint density at radius 3 is 2.56 bits per heavy atom. The van der Waals surface area contributed by atoms with Crippen molar-refractivity contribution < 1.29 is 4.79 Å². The third-order valence-electron chi connectivity index (χ3n) is 4.71. The molecule has 1 aromatic heterocycles. The van der Waals surface area contributed by atoms with E-state index in [0.717, 1.165) is 23.9 Å². The summed E-state index contributed by atoms with van der Waals surface area (Å²) in [6.45, 7) is 1.76. The molecule has 1 aliphatic rings. The summed E-state index contributed by atoms with van der Waals surface area (Å²) < 4.78 is 1.94. The first kappa shape index (κ1) is 17.2. The van der Waals surface area contributed by atoms with Crippen molar-refractivity contribution in [2.45, 2.75) is 19.5 Å². The van der Waals surface area contributed by atoms with Crippen molar-refractivity contribution in [2.75, 3.05) is 6.54 Å². The summed E-state index contributed by atoms with van der Waals surface area (Å²) in [6.07, 6.45) is 2.75. The zero-order valence-corrected chi connectivity index (χ0v) is 14.6. The van der Waals surface area contributed by atoms with Crippen LogP contribution in [0.15, 0.2) is 60.8 Å². The highest BCUT2D eigenvalue weighted by Crippen LogP contribution is 2.19. The number of hydrogen-bond acceptors (Lipinski definition) is 2. The molecule has 0 saturated carbocycles. The number of hydrogen-bond donors (Lipinski definition) is 1. The molecule has 1 N–H and O–H groups in total. The third kappa shape index (κ3) is 3.30. The predicted molar refractivity (Wildman–Crippen MR) is 101 cm³/mol. The number of carbonyl (C=O) groups excluding carboxylic acids is 1. The van der Waals surface area contributed by atoms with E-state index in [1.807, 2.05) is 46.0 Å². The molecule has 2 heterocycles. The molecule has 0 radical (unpaired) electrons. The number of rotatable bonds is 2. The smallest absolute Gasteiger partial charge is 0.242 e. The van der Waals surface area contributed by atoms with Gasteiger partial charge < -0.3 is 14.9 Å². The van der Waals surface area contributed by atoms with Crippen molar-refractivity contribution in [1.29, 1.82) is 5.41 Å². The second kappa shape index (κ2) is 7.11. The molecule has 25 heavy (non-hydrogen) atoms. The first-order chi connectivity index (χ1) is 11.7. The van der Waals surface area contributed by atoms with E-state index in [2.05, 4.69) is 18.2 Å². The summed E-state index contributed by atoms with van der Waals surface area (Å²) in [5, 5.41) is 9.37. The van der Waals surface area contributed by atoms with Gasteiger partial charge in [0.2, 0.25) is 5.91 Å². The molecular formula is C20H20ClN3O. The molecule has 0 bridgehead atoms. The van der Waals surface area contributed by atoms with Gasteiger partial charge in [-0.1, -0.05) is 42.5 Å². The molecule has 2 aromatic carbocycles. The standard InChI is InChI=1S/C20H19N3O.ClH/c21-18-10-12-22(19-8-4-3-7-17(18)19)14-20(24)23-11-9-15-5-1-2-6-16(15)13-23;/h1-8,10,12,21H,9,11,13-14H2;1H. The minimum Gasteiger partial charge on any atom is -0.338 e. The van der Waals surface area contributed by atoms with Gasteiger partial charge in [0.25, 0.3) is 0 Å². The third-order valence-corrected chi connectivity index (χ3v) is 4.71. The topological polar surface area (TPSA) is 49.1 Å². The Morgan fingerprint density at radius 2 is 1.72 bits per heavy atom. The first-order valence-corrected chi connectivity index (χ1v) is 8.20. The van der Waals surface area contributed by atoms with Gasteiger partial charge in [0.05, 0.1) is 10.9 Å². The van der Waals surface area contributed by atoms with Crippen LogP contribution >= 0.6 is 12.4 Å². The quantitative estimate of drug-likeness (QED) is 0.756. The second-order valence-corrected chi connectivity index (χ2v) is 6.21. The summed E-state index contributed by atoms with van der Waals surface area (Å²) in [4.78, 5) is 14.7. The monoisotopic (exact) mass is 353 g/mol. The molecule has 128 valence electrons. The lowest BCUT2D eigenvalue weighted by molar-refractivity contribution is -0.132. The largest absolute Gasteiger partial charge is 0.338 e. The molecule has 4 rings (SSSR count). The van der Waals surface area contributed by atoms with E-state index < -0.39 is 0 Å². The Hall–Kier alpha value is -2.59. The number of nitrogens with zero attached hydrogens (tertiary/aromatic N) is 2. The molecule has 5 heteroatoms. The number of para-hydroxylation sites is 1. The molecular weight excluding hydrogens is 334 g/mol. The van der Waals surface area contributed by atoms with Crippen LogP contribution in [-0.4, -0.2) is 21.9 Å². The van der Waals surface area contributed by atoms with E-state index in [-0.39, 0.29) is 18.3 Å². The van der Waals surface area contributed by atoms with E-state index in [0.29, 0.717) is 18.4 Å². The fourth-order valence-corrected chi connectivity index (χ4v) is 3.38. The number of fused-ring (bicyclic) bond motifs is 2. The van der Waals surface area contributed by atoms with E-state index in [4.69, 9.17) is 5.41 Å². The van der Waals surface area contributed by atoms with Crippen molar-refractivity contribution in [2.24, 2.45) is 0 Å². The van der Waals surface area contributed by atoms with Gasteiger partial charge >= 0.3 is 0 Å². The zero-order chi connectivity index (χ0) is 16.5. The normalized spacial score (nSPS) is 13.2. The van der Waals surface area contributed by atoms with Gasteiger partial charge in [0, 0.05) is 24.7 Å².